The number of allylic oxidation sites excluding steroid dienone is 4. The maximum absolute atomic E-state index is 6.83. The van der Waals surface area contributed by atoms with Crippen LogP contribution in [0.5, 0.6) is 0 Å². The summed E-state index contributed by atoms with van der Waals surface area (Å²) in [5, 5.41) is 0. The van der Waals surface area contributed by atoms with E-state index in [9.17, 15) is 0 Å². The molecule has 0 N–H and O–H groups in total. The van der Waals surface area contributed by atoms with Crippen molar-refractivity contribution in [3.05, 3.63) is 23.3 Å². The van der Waals surface area contributed by atoms with Gasteiger partial charge in [0, 0.05) is 0 Å². The molecule has 0 aromatic carbocycles. The van der Waals surface area contributed by atoms with Gasteiger partial charge in [-0.3, -0.25) is 0 Å². The summed E-state index contributed by atoms with van der Waals surface area (Å²) in [4.78, 5) is 0. The van der Waals surface area contributed by atoms with Crippen LogP contribution in [0.25, 0.3) is 0 Å². The first kappa shape index (κ1) is 27.7. The standard InChI is InChI=1S/C33H58OSi/c1-23(2)13-12-14-24(3)25-17-21-33(8)27-15-16-28-30(4,5)29(34-35(9,10)11)19-20-31(28,6)26(27)18-22-32(25,33)7/h13,18,24-25,27-29H,12,14-17,19-22H2,1-11H3/t24-,25-,27-,28+,29?,31-,32-,33+/m1/s1. The normalized spacial score (nSPS) is 43.5. The Labute approximate surface area is 220 Å². The van der Waals surface area contributed by atoms with Crippen molar-refractivity contribution in [3.8, 4) is 0 Å². The largest absolute Gasteiger partial charge is 0.414 e. The third-order valence-corrected chi connectivity index (χ3v) is 13.2. The van der Waals surface area contributed by atoms with E-state index in [-0.39, 0.29) is 5.41 Å². The summed E-state index contributed by atoms with van der Waals surface area (Å²) in [6.07, 6.45) is 17.9. The van der Waals surface area contributed by atoms with Crippen LogP contribution in [0, 0.1) is 45.3 Å². The van der Waals surface area contributed by atoms with E-state index in [0.29, 0.717) is 22.3 Å². The lowest BCUT2D eigenvalue weighted by Crippen LogP contribution is -2.59. The average Bonchev–Trinajstić information content (AvgIpc) is 3.01. The van der Waals surface area contributed by atoms with Gasteiger partial charge in [0.05, 0.1) is 6.10 Å². The maximum atomic E-state index is 6.83. The Morgan fingerprint density at radius 3 is 2.31 bits per heavy atom. The maximum Gasteiger partial charge on any atom is 0.184 e. The van der Waals surface area contributed by atoms with Gasteiger partial charge < -0.3 is 4.43 Å². The highest BCUT2D eigenvalue weighted by molar-refractivity contribution is 6.69. The lowest BCUT2D eigenvalue weighted by Gasteiger charge is -2.65. The lowest BCUT2D eigenvalue weighted by molar-refractivity contribution is -0.112. The van der Waals surface area contributed by atoms with E-state index >= 15 is 0 Å². The molecule has 0 aromatic rings. The Bertz CT molecular complexity index is 857. The summed E-state index contributed by atoms with van der Waals surface area (Å²) in [6, 6.07) is 0. The molecule has 0 spiro atoms. The SMILES string of the molecule is CC(C)=CCC[C@@H](C)[C@H]1CC[C@@]2(C)[C@@H]3CC[C@H]4C(C)(C)C(O[Si](C)(C)C)CC[C@]4(C)C3=CC[C@]12C. The highest BCUT2D eigenvalue weighted by atomic mass is 28.4. The number of fused-ring (bicyclic) bond motifs is 5. The van der Waals surface area contributed by atoms with Crippen LogP contribution >= 0.6 is 0 Å². The zero-order valence-electron chi connectivity index (χ0n) is 25.3. The molecule has 200 valence electrons. The van der Waals surface area contributed by atoms with Gasteiger partial charge in [0.15, 0.2) is 8.32 Å². The van der Waals surface area contributed by atoms with Crippen molar-refractivity contribution in [1.29, 1.82) is 0 Å². The number of rotatable bonds is 6. The topological polar surface area (TPSA) is 9.23 Å². The second-order valence-corrected chi connectivity index (χ2v) is 20.3. The zero-order valence-corrected chi connectivity index (χ0v) is 26.3. The van der Waals surface area contributed by atoms with Crippen LogP contribution in [0.4, 0.5) is 0 Å². The van der Waals surface area contributed by atoms with Gasteiger partial charge in [0.25, 0.3) is 0 Å². The average molecular weight is 499 g/mol. The Kier molecular flexibility index (Phi) is 7.23. The van der Waals surface area contributed by atoms with Gasteiger partial charge in [-0.15, -0.1) is 0 Å². The van der Waals surface area contributed by atoms with Crippen LogP contribution in [0.1, 0.15) is 113 Å². The van der Waals surface area contributed by atoms with Crippen LogP contribution in [0.3, 0.4) is 0 Å². The molecular formula is C33H58OSi. The van der Waals surface area contributed by atoms with E-state index in [0.717, 1.165) is 23.7 Å². The van der Waals surface area contributed by atoms with Crippen LogP contribution in [0.15, 0.2) is 23.3 Å². The van der Waals surface area contributed by atoms with Gasteiger partial charge in [-0.2, -0.15) is 0 Å². The lowest BCUT2D eigenvalue weighted by atomic mass is 9.41. The molecule has 0 amide bonds. The van der Waals surface area contributed by atoms with E-state index in [1.165, 1.54) is 63.4 Å². The minimum Gasteiger partial charge on any atom is -0.414 e. The molecule has 0 radical (unpaired) electrons. The van der Waals surface area contributed by atoms with Crippen molar-refractivity contribution in [1.82, 2.24) is 0 Å². The minimum atomic E-state index is -1.54. The molecular weight excluding hydrogens is 440 g/mol. The molecule has 8 atom stereocenters. The molecule has 0 aliphatic heterocycles. The van der Waals surface area contributed by atoms with Crippen molar-refractivity contribution in [2.75, 3.05) is 0 Å². The van der Waals surface area contributed by atoms with Crippen LogP contribution in [-0.2, 0) is 4.43 Å². The first-order chi connectivity index (χ1) is 16.1. The van der Waals surface area contributed by atoms with Gasteiger partial charge in [-0.05, 0) is 137 Å². The molecule has 4 aliphatic carbocycles. The highest BCUT2D eigenvalue weighted by Crippen LogP contribution is 2.73. The second-order valence-electron chi connectivity index (χ2n) is 15.9. The van der Waals surface area contributed by atoms with Crippen molar-refractivity contribution in [3.63, 3.8) is 0 Å². The highest BCUT2D eigenvalue weighted by Gasteiger charge is 2.65. The van der Waals surface area contributed by atoms with Gasteiger partial charge in [0.1, 0.15) is 0 Å². The van der Waals surface area contributed by atoms with Crippen molar-refractivity contribution < 1.29 is 4.43 Å². The predicted molar refractivity (Wildman–Crippen MR) is 155 cm³/mol. The Balaban J connectivity index is 1.60. The van der Waals surface area contributed by atoms with Crippen molar-refractivity contribution in [2.24, 2.45) is 45.3 Å². The summed E-state index contributed by atoms with van der Waals surface area (Å²) in [7, 11) is -1.54. The molecule has 3 saturated carbocycles. The molecule has 2 heteroatoms. The summed E-state index contributed by atoms with van der Waals surface area (Å²) < 4.78 is 6.83. The fourth-order valence-electron chi connectivity index (χ4n) is 10.1. The summed E-state index contributed by atoms with van der Waals surface area (Å²) >= 11 is 0. The fourth-order valence-corrected chi connectivity index (χ4v) is 11.4. The zero-order chi connectivity index (χ0) is 26.0. The summed E-state index contributed by atoms with van der Waals surface area (Å²) in [6.45, 7) is 27.4. The molecule has 0 aromatic heterocycles. The van der Waals surface area contributed by atoms with E-state index in [1.807, 2.05) is 5.57 Å². The molecule has 4 rings (SSSR count). The first-order valence-electron chi connectivity index (χ1n) is 15.1. The van der Waals surface area contributed by atoms with Crippen molar-refractivity contribution >= 4 is 8.32 Å². The Morgan fingerprint density at radius 2 is 1.69 bits per heavy atom. The third-order valence-electron chi connectivity index (χ3n) is 12.2. The van der Waals surface area contributed by atoms with E-state index in [1.54, 1.807) is 0 Å². The smallest absolute Gasteiger partial charge is 0.184 e. The molecule has 1 nitrogen and oxygen atoms in total. The Morgan fingerprint density at radius 1 is 1.00 bits per heavy atom. The molecule has 0 bridgehead atoms. The molecule has 3 fully saturated rings. The van der Waals surface area contributed by atoms with Gasteiger partial charge >= 0.3 is 0 Å². The molecule has 4 aliphatic rings. The Hall–Kier alpha value is -0.343. The fraction of sp³-hybridized carbons (Fsp3) is 0.879. The van der Waals surface area contributed by atoms with E-state index in [2.05, 4.69) is 87.2 Å². The van der Waals surface area contributed by atoms with Gasteiger partial charge in [0.2, 0.25) is 0 Å². The molecule has 0 heterocycles. The van der Waals surface area contributed by atoms with Crippen LogP contribution < -0.4 is 0 Å². The summed E-state index contributed by atoms with van der Waals surface area (Å²) in [5.41, 5.74) is 4.91. The summed E-state index contributed by atoms with van der Waals surface area (Å²) in [5.74, 6) is 3.24. The van der Waals surface area contributed by atoms with Crippen LogP contribution in [-0.4, -0.2) is 14.4 Å². The number of hydrogen-bond acceptors (Lipinski definition) is 1. The van der Waals surface area contributed by atoms with Crippen LogP contribution in [0.2, 0.25) is 19.6 Å². The number of hydrogen-bond donors (Lipinski definition) is 0. The molecule has 35 heavy (non-hydrogen) atoms. The molecule has 0 saturated heterocycles. The second kappa shape index (κ2) is 9.14. The van der Waals surface area contributed by atoms with E-state index < -0.39 is 8.32 Å². The third kappa shape index (κ3) is 4.49. The van der Waals surface area contributed by atoms with Gasteiger partial charge in [-0.25, -0.2) is 0 Å². The quantitative estimate of drug-likeness (QED) is 0.261. The first-order valence-corrected chi connectivity index (χ1v) is 18.5. The molecule has 1 unspecified atom stereocenters. The van der Waals surface area contributed by atoms with Crippen molar-refractivity contribution in [2.45, 2.75) is 139 Å². The van der Waals surface area contributed by atoms with Gasteiger partial charge in [-0.1, -0.05) is 64.8 Å². The minimum absolute atomic E-state index is 0.262. The predicted octanol–water partition coefficient (Wildman–Crippen LogP) is 10.2. The monoisotopic (exact) mass is 498 g/mol. The van der Waals surface area contributed by atoms with E-state index in [4.69, 9.17) is 4.43 Å².